The Morgan fingerprint density at radius 3 is 2.95 bits per heavy atom. The van der Waals surface area contributed by atoms with Crippen LogP contribution in [0.3, 0.4) is 0 Å². The number of ether oxygens (including phenoxy) is 2. The van der Waals surface area contributed by atoms with E-state index >= 15 is 0 Å². The SMILES string of the molecule is COCCNC(=O)C(C)NCc1cccnc1OC. The second-order valence-corrected chi connectivity index (χ2v) is 4.06. The molecule has 1 rings (SSSR count). The quantitative estimate of drug-likeness (QED) is 0.664. The van der Waals surface area contributed by atoms with E-state index in [9.17, 15) is 4.79 Å². The summed E-state index contributed by atoms with van der Waals surface area (Å²) in [6, 6.07) is 3.46. The van der Waals surface area contributed by atoms with E-state index < -0.39 is 0 Å². The standard InChI is InChI=1S/C13H21N3O3/c1-10(12(17)14-7-8-18-2)16-9-11-5-4-6-15-13(11)19-3/h4-6,10,16H,7-9H2,1-3H3,(H,14,17). The van der Waals surface area contributed by atoms with E-state index in [0.29, 0.717) is 25.6 Å². The van der Waals surface area contributed by atoms with Gasteiger partial charge in [-0.25, -0.2) is 4.98 Å². The van der Waals surface area contributed by atoms with Crippen LogP contribution in [0.25, 0.3) is 0 Å². The molecule has 0 aliphatic heterocycles. The molecule has 0 saturated carbocycles. The Labute approximate surface area is 113 Å². The highest BCUT2D eigenvalue weighted by Crippen LogP contribution is 2.12. The Balaban J connectivity index is 2.40. The average molecular weight is 267 g/mol. The van der Waals surface area contributed by atoms with Crippen LogP contribution in [0.15, 0.2) is 18.3 Å². The third-order valence-electron chi connectivity index (χ3n) is 2.64. The molecule has 1 unspecified atom stereocenters. The molecule has 1 aromatic heterocycles. The molecule has 1 atom stereocenters. The highest BCUT2D eigenvalue weighted by molar-refractivity contribution is 5.81. The number of nitrogens with zero attached hydrogens (tertiary/aromatic N) is 1. The zero-order valence-corrected chi connectivity index (χ0v) is 11.6. The van der Waals surface area contributed by atoms with Gasteiger partial charge in [-0.3, -0.25) is 4.79 Å². The summed E-state index contributed by atoms with van der Waals surface area (Å²) in [5.74, 6) is 0.516. The van der Waals surface area contributed by atoms with Crippen molar-refractivity contribution in [1.29, 1.82) is 0 Å². The van der Waals surface area contributed by atoms with Gasteiger partial charge in [0.2, 0.25) is 11.8 Å². The highest BCUT2D eigenvalue weighted by Gasteiger charge is 2.12. The lowest BCUT2D eigenvalue weighted by atomic mass is 10.2. The summed E-state index contributed by atoms with van der Waals surface area (Å²) in [5, 5.41) is 5.90. The molecule has 1 amide bonds. The Morgan fingerprint density at radius 1 is 1.47 bits per heavy atom. The number of nitrogens with one attached hydrogen (secondary N) is 2. The maximum atomic E-state index is 11.7. The van der Waals surface area contributed by atoms with Crippen molar-refractivity contribution >= 4 is 5.91 Å². The van der Waals surface area contributed by atoms with Crippen LogP contribution >= 0.6 is 0 Å². The molecule has 0 radical (unpaired) electrons. The van der Waals surface area contributed by atoms with E-state index in [1.165, 1.54) is 0 Å². The van der Waals surface area contributed by atoms with Gasteiger partial charge >= 0.3 is 0 Å². The van der Waals surface area contributed by atoms with Gasteiger partial charge in [-0.1, -0.05) is 6.07 Å². The number of pyridine rings is 1. The van der Waals surface area contributed by atoms with Crippen molar-refractivity contribution in [3.05, 3.63) is 23.9 Å². The van der Waals surface area contributed by atoms with Crippen LogP contribution in [0.2, 0.25) is 0 Å². The monoisotopic (exact) mass is 267 g/mol. The molecule has 0 spiro atoms. The molecular formula is C13H21N3O3. The second-order valence-electron chi connectivity index (χ2n) is 4.06. The third-order valence-corrected chi connectivity index (χ3v) is 2.64. The van der Waals surface area contributed by atoms with Gasteiger partial charge in [0, 0.05) is 32.0 Å². The summed E-state index contributed by atoms with van der Waals surface area (Å²) in [7, 11) is 3.18. The molecule has 0 aliphatic carbocycles. The molecule has 6 heteroatoms. The summed E-state index contributed by atoms with van der Waals surface area (Å²) in [4.78, 5) is 15.8. The normalized spacial score (nSPS) is 11.9. The number of methoxy groups -OCH3 is 2. The number of amides is 1. The van der Waals surface area contributed by atoms with Crippen LogP contribution in [0.1, 0.15) is 12.5 Å². The van der Waals surface area contributed by atoms with Crippen LogP contribution in [0.4, 0.5) is 0 Å². The number of carbonyl (C=O) groups excluding carboxylic acids is 1. The molecule has 1 aromatic rings. The molecule has 0 aromatic carbocycles. The zero-order valence-electron chi connectivity index (χ0n) is 11.6. The zero-order chi connectivity index (χ0) is 14.1. The first-order valence-electron chi connectivity index (χ1n) is 6.17. The molecule has 106 valence electrons. The van der Waals surface area contributed by atoms with Gasteiger partial charge in [-0.05, 0) is 13.0 Å². The van der Waals surface area contributed by atoms with Crippen molar-refractivity contribution in [2.45, 2.75) is 19.5 Å². The van der Waals surface area contributed by atoms with Crippen LogP contribution in [-0.2, 0) is 16.1 Å². The topological polar surface area (TPSA) is 72.5 Å². The summed E-state index contributed by atoms with van der Waals surface area (Å²) < 4.78 is 10.0. The second kappa shape index (κ2) is 8.44. The van der Waals surface area contributed by atoms with E-state index in [2.05, 4.69) is 15.6 Å². The minimum Gasteiger partial charge on any atom is -0.481 e. The van der Waals surface area contributed by atoms with E-state index in [4.69, 9.17) is 9.47 Å². The van der Waals surface area contributed by atoms with Gasteiger partial charge in [0.1, 0.15) is 0 Å². The average Bonchev–Trinajstić information content (AvgIpc) is 2.45. The van der Waals surface area contributed by atoms with Crippen LogP contribution in [0, 0.1) is 0 Å². The van der Waals surface area contributed by atoms with Crippen LogP contribution in [-0.4, -0.2) is 44.3 Å². The molecule has 19 heavy (non-hydrogen) atoms. The van der Waals surface area contributed by atoms with E-state index in [1.54, 1.807) is 20.4 Å². The number of hydrogen-bond donors (Lipinski definition) is 2. The fourth-order valence-corrected chi connectivity index (χ4v) is 1.53. The van der Waals surface area contributed by atoms with Gasteiger partial charge in [0.25, 0.3) is 0 Å². The predicted octanol–water partition coefficient (Wildman–Crippen LogP) is 0.331. The number of hydrogen-bond acceptors (Lipinski definition) is 5. The van der Waals surface area contributed by atoms with E-state index in [0.717, 1.165) is 5.56 Å². The Kier molecular flexibility index (Phi) is 6.84. The molecule has 1 heterocycles. The Hall–Kier alpha value is -1.66. The summed E-state index contributed by atoms with van der Waals surface area (Å²) in [6.45, 7) is 3.35. The summed E-state index contributed by atoms with van der Waals surface area (Å²) in [5.41, 5.74) is 0.918. The molecule has 0 saturated heterocycles. The lowest BCUT2D eigenvalue weighted by Crippen LogP contribution is -2.42. The maximum absolute atomic E-state index is 11.7. The molecular weight excluding hydrogens is 246 g/mol. The van der Waals surface area contributed by atoms with Crippen molar-refractivity contribution in [3.63, 3.8) is 0 Å². The van der Waals surface area contributed by atoms with E-state index in [1.807, 2.05) is 19.1 Å². The van der Waals surface area contributed by atoms with Gasteiger partial charge in [0.05, 0.1) is 19.8 Å². The molecule has 2 N–H and O–H groups in total. The van der Waals surface area contributed by atoms with Crippen molar-refractivity contribution < 1.29 is 14.3 Å². The molecule has 0 fully saturated rings. The smallest absolute Gasteiger partial charge is 0.236 e. The van der Waals surface area contributed by atoms with Gasteiger partial charge in [0.15, 0.2) is 0 Å². The predicted molar refractivity (Wildman–Crippen MR) is 72.0 cm³/mol. The van der Waals surface area contributed by atoms with Crippen LogP contribution < -0.4 is 15.4 Å². The first kappa shape index (κ1) is 15.4. The number of rotatable bonds is 8. The van der Waals surface area contributed by atoms with Crippen molar-refractivity contribution in [3.8, 4) is 5.88 Å². The summed E-state index contributed by atoms with van der Waals surface area (Å²) in [6.07, 6.45) is 1.67. The Morgan fingerprint density at radius 2 is 2.26 bits per heavy atom. The Bertz CT molecular complexity index is 398. The molecule has 0 bridgehead atoms. The number of carbonyl (C=O) groups is 1. The third kappa shape index (κ3) is 5.23. The van der Waals surface area contributed by atoms with Gasteiger partial charge < -0.3 is 20.1 Å². The largest absolute Gasteiger partial charge is 0.481 e. The maximum Gasteiger partial charge on any atom is 0.236 e. The highest BCUT2D eigenvalue weighted by atomic mass is 16.5. The minimum absolute atomic E-state index is 0.0556. The van der Waals surface area contributed by atoms with Crippen molar-refractivity contribution in [2.75, 3.05) is 27.4 Å². The van der Waals surface area contributed by atoms with Gasteiger partial charge in [-0.2, -0.15) is 0 Å². The fourth-order valence-electron chi connectivity index (χ4n) is 1.53. The molecule has 0 aliphatic rings. The van der Waals surface area contributed by atoms with Crippen molar-refractivity contribution in [1.82, 2.24) is 15.6 Å². The van der Waals surface area contributed by atoms with Crippen LogP contribution in [0.5, 0.6) is 5.88 Å². The first-order chi connectivity index (χ1) is 9.19. The van der Waals surface area contributed by atoms with E-state index in [-0.39, 0.29) is 11.9 Å². The molecule has 6 nitrogen and oxygen atoms in total. The minimum atomic E-state index is -0.290. The van der Waals surface area contributed by atoms with Gasteiger partial charge in [-0.15, -0.1) is 0 Å². The fraction of sp³-hybridized carbons (Fsp3) is 0.538. The lowest BCUT2D eigenvalue weighted by Gasteiger charge is -2.14. The summed E-state index contributed by atoms with van der Waals surface area (Å²) >= 11 is 0. The lowest BCUT2D eigenvalue weighted by molar-refractivity contribution is -0.123. The van der Waals surface area contributed by atoms with Crippen molar-refractivity contribution in [2.24, 2.45) is 0 Å². The number of aromatic nitrogens is 1. The first-order valence-corrected chi connectivity index (χ1v) is 6.17.